The number of hydrogen-bond acceptors (Lipinski definition) is 4. The van der Waals surface area contributed by atoms with Crippen molar-refractivity contribution in [2.75, 3.05) is 18.1 Å². The number of benzene rings is 1. The molecule has 2 aliphatic heterocycles. The summed E-state index contributed by atoms with van der Waals surface area (Å²) >= 11 is 1.99. The molecule has 0 amide bonds. The Morgan fingerprint density at radius 1 is 1.07 bits per heavy atom. The van der Waals surface area contributed by atoms with E-state index < -0.39 is 5.97 Å². The minimum Gasteiger partial charge on any atom is -0.493 e. The normalized spacial score (nSPS) is 26.4. The first-order valence-corrected chi connectivity index (χ1v) is 11.5. The maximum atomic E-state index is 10.6. The van der Waals surface area contributed by atoms with Crippen LogP contribution in [-0.2, 0) is 9.53 Å². The fourth-order valence-corrected chi connectivity index (χ4v) is 5.57. The van der Waals surface area contributed by atoms with Crippen LogP contribution in [0.4, 0.5) is 0 Å². The van der Waals surface area contributed by atoms with Crippen molar-refractivity contribution in [3.05, 3.63) is 30.3 Å². The summed E-state index contributed by atoms with van der Waals surface area (Å²) in [5.74, 6) is 3.84. The molecule has 4 nitrogen and oxygen atoms in total. The van der Waals surface area contributed by atoms with Gasteiger partial charge in [-0.1, -0.05) is 37.5 Å². The van der Waals surface area contributed by atoms with Gasteiger partial charge < -0.3 is 14.6 Å². The van der Waals surface area contributed by atoms with Crippen molar-refractivity contribution in [2.45, 2.75) is 63.6 Å². The zero-order valence-electron chi connectivity index (χ0n) is 16.1. The molecule has 2 heterocycles. The van der Waals surface area contributed by atoms with Crippen LogP contribution < -0.4 is 4.74 Å². The number of carboxylic acid groups (broad SMARTS) is 1. The molecule has 27 heavy (non-hydrogen) atoms. The Bertz CT molecular complexity index is 565. The van der Waals surface area contributed by atoms with Crippen LogP contribution in [0.3, 0.4) is 0 Å². The SMILES string of the molecule is O=C(O)CCCCCC[C@H]1[C@@H](CSCCOc2ccccc2)[C@H]2CC[C@@H]1O2. The number of aliphatic carboxylic acids is 1. The van der Waals surface area contributed by atoms with E-state index in [9.17, 15) is 4.79 Å². The Morgan fingerprint density at radius 3 is 2.59 bits per heavy atom. The van der Waals surface area contributed by atoms with E-state index in [0.29, 0.717) is 30.5 Å². The third kappa shape index (κ3) is 6.42. The lowest BCUT2D eigenvalue weighted by Gasteiger charge is -2.27. The molecule has 5 heteroatoms. The number of unbranched alkanes of at least 4 members (excludes halogenated alkanes) is 3. The van der Waals surface area contributed by atoms with E-state index in [1.807, 2.05) is 42.1 Å². The molecule has 2 saturated heterocycles. The fourth-order valence-electron chi connectivity index (χ4n) is 4.47. The lowest BCUT2D eigenvalue weighted by atomic mass is 9.77. The summed E-state index contributed by atoms with van der Waals surface area (Å²) in [6.07, 6.45) is 9.13. The number of rotatable bonds is 13. The van der Waals surface area contributed by atoms with Crippen molar-refractivity contribution >= 4 is 17.7 Å². The zero-order chi connectivity index (χ0) is 18.9. The number of hydrogen-bond donors (Lipinski definition) is 1. The zero-order valence-corrected chi connectivity index (χ0v) is 16.9. The summed E-state index contributed by atoms with van der Waals surface area (Å²) in [5.41, 5.74) is 0. The second kappa shape index (κ2) is 11.0. The smallest absolute Gasteiger partial charge is 0.303 e. The Kier molecular flexibility index (Phi) is 8.34. The van der Waals surface area contributed by atoms with E-state index in [0.717, 1.165) is 37.4 Å². The lowest BCUT2D eigenvalue weighted by Crippen LogP contribution is -2.29. The van der Waals surface area contributed by atoms with Gasteiger partial charge in [-0.3, -0.25) is 4.79 Å². The van der Waals surface area contributed by atoms with E-state index in [-0.39, 0.29) is 0 Å². The highest BCUT2D eigenvalue weighted by Crippen LogP contribution is 2.46. The second-order valence-corrected chi connectivity index (χ2v) is 8.85. The number of thioether (sulfide) groups is 1. The average molecular weight is 393 g/mol. The van der Waals surface area contributed by atoms with Gasteiger partial charge in [0.1, 0.15) is 5.75 Å². The first-order valence-electron chi connectivity index (χ1n) is 10.4. The molecule has 3 rings (SSSR count). The highest BCUT2D eigenvalue weighted by molar-refractivity contribution is 7.99. The summed E-state index contributed by atoms with van der Waals surface area (Å²) < 4.78 is 12.0. The summed E-state index contributed by atoms with van der Waals surface area (Å²) in [6, 6.07) is 10.0. The van der Waals surface area contributed by atoms with Gasteiger partial charge in [0.2, 0.25) is 0 Å². The largest absolute Gasteiger partial charge is 0.493 e. The van der Waals surface area contributed by atoms with Gasteiger partial charge in [-0.2, -0.15) is 11.8 Å². The minimum atomic E-state index is -0.676. The molecule has 0 aliphatic carbocycles. The van der Waals surface area contributed by atoms with Crippen LogP contribution in [0.15, 0.2) is 30.3 Å². The van der Waals surface area contributed by atoms with Crippen LogP contribution in [0, 0.1) is 11.8 Å². The maximum Gasteiger partial charge on any atom is 0.303 e. The van der Waals surface area contributed by atoms with Gasteiger partial charge in [0.25, 0.3) is 0 Å². The molecular weight excluding hydrogens is 360 g/mol. The molecule has 0 aromatic heterocycles. The molecule has 1 aromatic carbocycles. The van der Waals surface area contributed by atoms with Gasteiger partial charge in [-0.05, 0) is 55.4 Å². The number of ether oxygens (including phenoxy) is 2. The van der Waals surface area contributed by atoms with Crippen molar-refractivity contribution in [1.29, 1.82) is 0 Å². The van der Waals surface area contributed by atoms with Crippen LogP contribution in [-0.4, -0.2) is 41.4 Å². The standard InChI is InChI=1S/C22H32O4S/c23-22(24)11-7-2-1-6-10-18-19(21-13-12-20(18)26-21)16-27-15-14-25-17-8-4-3-5-9-17/h3-5,8-9,18-21H,1-2,6-7,10-16H2,(H,23,24)/t18-,19+,20-,21+/m0/s1. The molecule has 0 radical (unpaired) electrons. The van der Waals surface area contributed by atoms with Gasteiger partial charge in [0.05, 0.1) is 18.8 Å². The van der Waals surface area contributed by atoms with Crippen molar-refractivity contribution in [3.8, 4) is 5.75 Å². The highest BCUT2D eigenvalue weighted by atomic mass is 32.2. The lowest BCUT2D eigenvalue weighted by molar-refractivity contribution is -0.137. The van der Waals surface area contributed by atoms with Crippen LogP contribution in [0.5, 0.6) is 5.75 Å². The van der Waals surface area contributed by atoms with E-state index in [1.165, 1.54) is 31.4 Å². The fraction of sp³-hybridized carbons (Fsp3) is 0.682. The predicted octanol–water partition coefficient (Wildman–Crippen LogP) is 5.02. The first kappa shape index (κ1) is 20.5. The molecule has 0 unspecified atom stereocenters. The third-order valence-electron chi connectivity index (χ3n) is 5.82. The molecule has 150 valence electrons. The molecule has 2 aliphatic rings. The molecule has 1 N–H and O–H groups in total. The monoisotopic (exact) mass is 392 g/mol. The van der Waals surface area contributed by atoms with Crippen LogP contribution in [0.1, 0.15) is 51.4 Å². The summed E-state index contributed by atoms with van der Waals surface area (Å²) in [5, 5.41) is 8.71. The van der Waals surface area contributed by atoms with Crippen LogP contribution in [0.2, 0.25) is 0 Å². The predicted molar refractivity (Wildman–Crippen MR) is 109 cm³/mol. The van der Waals surface area contributed by atoms with Gasteiger partial charge >= 0.3 is 5.97 Å². The van der Waals surface area contributed by atoms with Gasteiger partial charge in [-0.25, -0.2) is 0 Å². The Labute approximate surface area is 167 Å². The maximum absolute atomic E-state index is 10.6. The van der Waals surface area contributed by atoms with Crippen LogP contribution in [0.25, 0.3) is 0 Å². The minimum absolute atomic E-state index is 0.307. The average Bonchev–Trinajstić information content (AvgIpc) is 3.27. The molecule has 4 atom stereocenters. The van der Waals surface area contributed by atoms with E-state index in [4.69, 9.17) is 14.6 Å². The molecule has 0 saturated carbocycles. The quantitative estimate of drug-likeness (QED) is 0.478. The van der Waals surface area contributed by atoms with Crippen molar-refractivity contribution in [1.82, 2.24) is 0 Å². The number of carboxylic acids is 1. The Morgan fingerprint density at radius 2 is 1.81 bits per heavy atom. The summed E-state index contributed by atoms with van der Waals surface area (Å²) in [4.78, 5) is 10.6. The number of para-hydroxylation sites is 1. The molecule has 2 fully saturated rings. The number of fused-ring (bicyclic) bond motifs is 2. The first-order chi connectivity index (χ1) is 13.2. The summed E-state index contributed by atoms with van der Waals surface area (Å²) in [6.45, 7) is 0.755. The van der Waals surface area contributed by atoms with Crippen LogP contribution >= 0.6 is 11.8 Å². The van der Waals surface area contributed by atoms with Gasteiger partial charge in [0.15, 0.2) is 0 Å². The van der Waals surface area contributed by atoms with Gasteiger partial charge in [0, 0.05) is 12.2 Å². The molecular formula is C22H32O4S. The topological polar surface area (TPSA) is 55.8 Å². The summed E-state index contributed by atoms with van der Waals surface area (Å²) in [7, 11) is 0. The second-order valence-electron chi connectivity index (χ2n) is 7.70. The van der Waals surface area contributed by atoms with Crippen molar-refractivity contribution in [3.63, 3.8) is 0 Å². The molecule has 2 bridgehead atoms. The van der Waals surface area contributed by atoms with Crippen molar-refractivity contribution in [2.24, 2.45) is 11.8 Å². The van der Waals surface area contributed by atoms with Crippen molar-refractivity contribution < 1.29 is 19.4 Å². The third-order valence-corrected chi connectivity index (χ3v) is 6.89. The van der Waals surface area contributed by atoms with E-state index in [1.54, 1.807) is 0 Å². The van der Waals surface area contributed by atoms with E-state index in [2.05, 4.69) is 0 Å². The Balaban J connectivity index is 1.31. The van der Waals surface area contributed by atoms with Gasteiger partial charge in [-0.15, -0.1) is 0 Å². The molecule has 1 aromatic rings. The number of carbonyl (C=O) groups is 1. The Hall–Kier alpha value is -1.20. The molecule has 0 spiro atoms. The highest BCUT2D eigenvalue weighted by Gasteiger charge is 2.47. The van der Waals surface area contributed by atoms with E-state index >= 15 is 0 Å².